The van der Waals surface area contributed by atoms with Gasteiger partial charge in [-0.05, 0) is 37.7 Å². The third-order valence-electron chi connectivity index (χ3n) is 3.10. The lowest BCUT2D eigenvalue weighted by Crippen LogP contribution is -2.39. The largest absolute Gasteiger partial charge is 0.349 e. The average Bonchev–Trinajstić information content (AvgIpc) is 2.95. The molecule has 0 aliphatic rings. The first-order valence-electron chi connectivity index (χ1n) is 6.91. The normalized spacial score (nSPS) is 12.1. The highest BCUT2D eigenvalue weighted by molar-refractivity contribution is 5.93. The van der Waals surface area contributed by atoms with Crippen molar-refractivity contribution in [2.75, 3.05) is 13.1 Å². The number of nitrogens with zero attached hydrogens (tertiary/aromatic N) is 2. The number of benzene rings is 1. The zero-order valence-electron chi connectivity index (χ0n) is 12.1. The molecule has 1 aromatic carbocycles. The lowest BCUT2D eigenvalue weighted by atomic mass is 10.3. The van der Waals surface area contributed by atoms with E-state index in [-0.39, 0.29) is 17.8 Å². The number of carbonyl (C=O) groups is 1. The van der Waals surface area contributed by atoms with Crippen LogP contribution >= 0.6 is 0 Å². The van der Waals surface area contributed by atoms with Crippen molar-refractivity contribution < 1.29 is 9.18 Å². The number of aromatic nitrogens is 2. The van der Waals surface area contributed by atoms with Crippen LogP contribution < -0.4 is 10.6 Å². The van der Waals surface area contributed by atoms with Gasteiger partial charge in [0.15, 0.2) is 0 Å². The first kappa shape index (κ1) is 15.2. The van der Waals surface area contributed by atoms with Crippen LogP contribution in [0, 0.1) is 5.82 Å². The average molecular weight is 290 g/mol. The Labute approximate surface area is 123 Å². The molecule has 1 atom stereocenters. The quantitative estimate of drug-likeness (QED) is 0.852. The molecular weight excluding hydrogens is 271 g/mol. The summed E-state index contributed by atoms with van der Waals surface area (Å²) in [4.78, 5) is 16.2. The van der Waals surface area contributed by atoms with Crippen molar-refractivity contribution in [2.24, 2.45) is 0 Å². The summed E-state index contributed by atoms with van der Waals surface area (Å²) in [6.07, 6.45) is 3.03. The predicted molar refractivity (Wildman–Crippen MR) is 79.0 cm³/mol. The molecular formula is C15H19FN4O. The van der Waals surface area contributed by atoms with E-state index in [0.717, 1.165) is 6.54 Å². The third kappa shape index (κ3) is 3.88. The molecule has 2 N–H and O–H groups in total. The van der Waals surface area contributed by atoms with Gasteiger partial charge in [0.1, 0.15) is 11.5 Å². The lowest BCUT2D eigenvalue weighted by molar-refractivity contribution is 0.0943. The fraction of sp³-hybridized carbons (Fsp3) is 0.333. The van der Waals surface area contributed by atoms with Gasteiger partial charge in [-0.3, -0.25) is 9.36 Å². The van der Waals surface area contributed by atoms with Gasteiger partial charge in [0, 0.05) is 18.3 Å². The lowest BCUT2D eigenvalue weighted by Gasteiger charge is -2.14. The van der Waals surface area contributed by atoms with E-state index in [0.29, 0.717) is 17.9 Å². The Balaban J connectivity index is 2.09. The van der Waals surface area contributed by atoms with E-state index in [2.05, 4.69) is 15.6 Å². The Hall–Kier alpha value is -2.21. The molecule has 5 nitrogen and oxygen atoms in total. The standard InChI is InChI=1S/C15H19FN4O/c1-3-18-11(2)8-19-15(21)14-9-17-10-20(14)13-6-4-12(16)5-7-13/h4-7,9-11,18H,3,8H2,1-2H3,(H,19,21)/t11-/m1/s1. The minimum atomic E-state index is -0.315. The molecule has 6 heteroatoms. The maximum atomic E-state index is 13.0. The van der Waals surface area contributed by atoms with Crippen molar-refractivity contribution in [2.45, 2.75) is 19.9 Å². The number of imidazole rings is 1. The highest BCUT2D eigenvalue weighted by Crippen LogP contribution is 2.12. The summed E-state index contributed by atoms with van der Waals surface area (Å²) in [6.45, 7) is 5.40. The van der Waals surface area contributed by atoms with Crippen LogP contribution in [0.4, 0.5) is 4.39 Å². The van der Waals surface area contributed by atoms with Gasteiger partial charge in [-0.1, -0.05) is 6.92 Å². The monoisotopic (exact) mass is 290 g/mol. The second-order valence-electron chi connectivity index (χ2n) is 4.79. The first-order valence-corrected chi connectivity index (χ1v) is 6.91. The molecule has 112 valence electrons. The number of carbonyl (C=O) groups excluding carboxylic acids is 1. The Morgan fingerprint density at radius 2 is 2.10 bits per heavy atom. The molecule has 1 heterocycles. The van der Waals surface area contributed by atoms with Crippen molar-refractivity contribution in [1.29, 1.82) is 0 Å². The van der Waals surface area contributed by atoms with Crippen LogP contribution in [0.2, 0.25) is 0 Å². The number of hydrogen-bond acceptors (Lipinski definition) is 3. The smallest absolute Gasteiger partial charge is 0.269 e. The molecule has 0 radical (unpaired) electrons. The molecule has 2 aromatic rings. The Morgan fingerprint density at radius 1 is 1.38 bits per heavy atom. The minimum absolute atomic E-state index is 0.196. The van der Waals surface area contributed by atoms with Crippen LogP contribution in [-0.4, -0.2) is 34.6 Å². The number of nitrogens with one attached hydrogen (secondary N) is 2. The summed E-state index contributed by atoms with van der Waals surface area (Å²) in [5, 5.41) is 6.07. The number of likely N-dealkylation sites (N-methyl/N-ethyl adjacent to an activating group) is 1. The molecule has 0 bridgehead atoms. The Bertz CT molecular complexity index is 594. The van der Waals surface area contributed by atoms with Gasteiger partial charge in [0.05, 0.1) is 12.5 Å². The number of rotatable bonds is 6. The molecule has 0 unspecified atom stereocenters. The SMILES string of the molecule is CCN[C@H](C)CNC(=O)c1cncn1-c1ccc(F)cc1. The summed E-state index contributed by atoms with van der Waals surface area (Å²) >= 11 is 0. The van der Waals surface area contributed by atoms with Gasteiger partial charge in [-0.25, -0.2) is 9.37 Å². The van der Waals surface area contributed by atoms with Gasteiger partial charge in [-0.15, -0.1) is 0 Å². The maximum absolute atomic E-state index is 13.0. The van der Waals surface area contributed by atoms with Crippen molar-refractivity contribution >= 4 is 5.91 Å². The summed E-state index contributed by atoms with van der Waals surface area (Å²) in [5.74, 6) is -0.522. The van der Waals surface area contributed by atoms with E-state index in [4.69, 9.17) is 0 Å². The fourth-order valence-corrected chi connectivity index (χ4v) is 2.03. The fourth-order valence-electron chi connectivity index (χ4n) is 2.03. The third-order valence-corrected chi connectivity index (χ3v) is 3.10. The number of amides is 1. The molecule has 0 aliphatic heterocycles. The molecule has 0 fully saturated rings. The summed E-state index contributed by atoms with van der Waals surface area (Å²) < 4.78 is 14.6. The van der Waals surface area contributed by atoms with Crippen LogP contribution in [0.1, 0.15) is 24.3 Å². The number of halogens is 1. The predicted octanol–water partition coefficient (Wildman–Crippen LogP) is 1.74. The second kappa shape index (κ2) is 6.99. The summed E-state index contributed by atoms with van der Waals surface area (Å²) in [7, 11) is 0. The van der Waals surface area contributed by atoms with Crippen LogP contribution in [0.25, 0.3) is 5.69 Å². The molecule has 0 spiro atoms. The van der Waals surface area contributed by atoms with Crippen LogP contribution in [-0.2, 0) is 0 Å². The second-order valence-corrected chi connectivity index (χ2v) is 4.79. The van der Waals surface area contributed by atoms with Gasteiger partial charge >= 0.3 is 0 Å². The van der Waals surface area contributed by atoms with E-state index in [1.807, 2.05) is 13.8 Å². The summed E-state index contributed by atoms with van der Waals surface area (Å²) in [6, 6.07) is 6.11. The van der Waals surface area contributed by atoms with Crippen LogP contribution in [0.15, 0.2) is 36.8 Å². The molecule has 1 aromatic heterocycles. The van der Waals surface area contributed by atoms with E-state index in [9.17, 15) is 9.18 Å². The van der Waals surface area contributed by atoms with Crippen molar-refractivity contribution in [1.82, 2.24) is 20.2 Å². The van der Waals surface area contributed by atoms with Crippen molar-refractivity contribution in [3.8, 4) is 5.69 Å². The van der Waals surface area contributed by atoms with Crippen LogP contribution in [0.5, 0.6) is 0 Å². The van der Waals surface area contributed by atoms with Gasteiger partial charge in [0.25, 0.3) is 5.91 Å². The molecule has 0 saturated carbocycles. The maximum Gasteiger partial charge on any atom is 0.269 e. The zero-order valence-corrected chi connectivity index (χ0v) is 12.1. The van der Waals surface area contributed by atoms with Gasteiger partial charge in [0.2, 0.25) is 0 Å². The first-order chi connectivity index (χ1) is 10.1. The van der Waals surface area contributed by atoms with Crippen molar-refractivity contribution in [3.63, 3.8) is 0 Å². The van der Waals surface area contributed by atoms with Gasteiger partial charge < -0.3 is 10.6 Å². The summed E-state index contributed by atoms with van der Waals surface area (Å²) in [5.41, 5.74) is 1.11. The van der Waals surface area contributed by atoms with Crippen LogP contribution in [0.3, 0.4) is 0 Å². The van der Waals surface area contributed by atoms with Crippen molar-refractivity contribution in [3.05, 3.63) is 48.3 Å². The molecule has 2 rings (SSSR count). The highest BCUT2D eigenvalue weighted by atomic mass is 19.1. The molecule has 0 saturated heterocycles. The van der Waals surface area contributed by atoms with E-state index >= 15 is 0 Å². The molecule has 0 aliphatic carbocycles. The Kier molecular flexibility index (Phi) is 5.05. The van der Waals surface area contributed by atoms with E-state index < -0.39 is 0 Å². The van der Waals surface area contributed by atoms with E-state index in [1.165, 1.54) is 24.7 Å². The molecule has 21 heavy (non-hydrogen) atoms. The Morgan fingerprint density at radius 3 is 2.76 bits per heavy atom. The minimum Gasteiger partial charge on any atom is -0.349 e. The number of hydrogen-bond donors (Lipinski definition) is 2. The van der Waals surface area contributed by atoms with E-state index in [1.54, 1.807) is 16.7 Å². The zero-order chi connectivity index (χ0) is 15.2. The topological polar surface area (TPSA) is 58.9 Å². The highest BCUT2D eigenvalue weighted by Gasteiger charge is 2.13. The van der Waals surface area contributed by atoms with Gasteiger partial charge in [-0.2, -0.15) is 0 Å². The molecule has 1 amide bonds.